The lowest BCUT2D eigenvalue weighted by Crippen LogP contribution is -1.90. The average Bonchev–Trinajstić information content (AvgIpc) is 2.18. The van der Waals surface area contributed by atoms with Crippen LogP contribution in [0.25, 0.3) is 0 Å². The normalized spacial score (nSPS) is 15.8. The minimum atomic E-state index is 0.665. The molecule has 0 saturated heterocycles. The van der Waals surface area contributed by atoms with Gasteiger partial charge >= 0.3 is 0 Å². The Morgan fingerprint density at radius 2 is 1.88 bits per heavy atom. The molecule has 0 aromatic rings. The summed E-state index contributed by atoms with van der Waals surface area (Å²) in [6.45, 7) is 12.6. The van der Waals surface area contributed by atoms with Gasteiger partial charge < -0.3 is 0 Å². The van der Waals surface area contributed by atoms with Crippen molar-refractivity contribution in [3.05, 3.63) is 42.4 Å². The zero-order valence-electron chi connectivity index (χ0n) is 11.4. The summed E-state index contributed by atoms with van der Waals surface area (Å²) in [5.41, 5.74) is 2.97. The molecule has 1 radical (unpaired) electrons. The lowest BCUT2D eigenvalue weighted by molar-refractivity contribution is 0.711. The summed E-state index contributed by atoms with van der Waals surface area (Å²) in [5.74, 6) is 0.665. The van der Waals surface area contributed by atoms with Gasteiger partial charge in [-0.2, -0.15) is 0 Å². The van der Waals surface area contributed by atoms with E-state index in [-0.39, 0.29) is 0 Å². The van der Waals surface area contributed by atoms with Crippen molar-refractivity contribution >= 4 is 0 Å². The Morgan fingerprint density at radius 1 is 1.19 bits per heavy atom. The molecule has 0 aromatic heterocycles. The Hall–Kier alpha value is -0.780. The predicted octanol–water partition coefficient (Wildman–Crippen LogP) is 5.49. The van der Waals surface area contributed by atoms with Gasteiger partial charge in [-0.25, -0.2) is 0 Å². The first-order valence-corrected chi connectivity index (χ1v) is 6.33. The maximum Gasteiger partial charge on any atom is -0.0225 e. The molecule has 0 aliphatic rings. The molecular weight excluding hydrogens is 192 g/mol. The second-order valence-corrected chi connectivity index (χ2v) is 4.64. The molecule has 0 bridgehead atoms. The molecule has 0 spiro atoms. The van der Waals surface area contributed by atoms with E-state index in [0.717, 1.165) is 12.8 Å². The highest BCUT2D eigenvalue weighted by Crippen LogP contribution is 2.14. The molecule has 16 heavy (non-hydrogen) atoms. The Labute approximate surface area is 102 Å². The van der Waals surface area contributed by atoms with Crippen LogP contribution in [0.4, 0.5) is 0 Å². The SMILES string of the molecule is [CH2]C/C=C(\C)CC/C=C(\C)CC(C)/C=C/C. The quantitative estimate of drug-likeness (QED) is 0.497. The minimum Gasteiger partial charge on any atom is -0.0914 e. The maximum atomic E-state index is 3.83. The molecule has 1 atom stereocenters. The third kappa shape index (κ3) is 8.52. The first-order valence-electron chi connectivity index (χ1n) is 6.33. The lowest BCUT2D eigenvalue weighted by atomic mass is 10.00. The zero-order valence-corrected chi connectivity index (χ0v) is 11.4. The van der Waals surface area contributed by atoms with Crippen LogP contribution in [-0.2, 0) is 0 Å². The standard InChI is InChI=1S/C16H27/c1-6-9-14(3)11-8-12-16(5)13-15(4)10-7-2/h7,9-10,12,15H,1,6,8,11,13H2,2-5H3/b10-7+,14-9+,16-12+. The largest absolute Gasteiger partial charge is 0.0914 e. The highest BCUT2D eigenvalue weighted by molar-refractivity contribution is 5.05. The fraction of sp³-hybridized carbons (Fsp3) is 0.562. The highest BCUT2D eigenvalue weighted by Gasteiger charge is 1.97. The lowest BCUT2D eigenvalue weighted by Gasteiger charge is -2.06. The minimum absolute atomic E-state index is 0.665. The Kier molecular flexibility index (Phi) is 8.99. The molecule has 0 aromatic carbocycles. The Morgan fingerprint density at radius 3 is 2.44 bits per heavy atom. The van der Waals surface area contributed by atoms with E-state index in [0.29, 0.717) is 5.92 Å². The molecule has 0 heterocycles. The van der Waals surface area contributed by atoms with Gasteiger partial charge in [0.05, 0.1) is 0 Å². The van der Waals surface area contributed by atoms with Crippen molar-refractivity contribution in [2.45, 2.75) is 53.4 Å². The Balaban J connectivity index is 3.91. The van der Waals surface area contributed by atoms with Gasteiger partial charge in [0.25, 0.3) is 0 Å². The van der Waals surface area contributed by atoms with E-state index < -0.39 is 0 Å². The predicted molar refractivity (Wildman–Crippen MR) is 75.3 cm³/mol. The van der Waals surface area contributed by atoms with Gasteiger partial charge in [0, 0.05) is 0 Å². The van der Waals surface area contributed by atoms with Crippen molar-refractivity contribution in [1.82, 2.24) is 0 Å². The molecule has 1 unspecified atom stereocenters. The van der Waals surface area contributed by atoms with Crippen LogP contribution in [0.15, 0.2) is 35.5 Å². The zero-order chi connectivity index (χ0) is 12.4. The molecule has 0 aliphatic heterocycles. The second-order valence-electron chi connectivity index (χ2n) is 4.64. The van der Waals surface area contributed by atoms with Crippen LogP contribution in [0, 0.1) is 12.8 Å². The van der Waals surface area contributed by atoms with E-state index in [1.54, 1.807) is 0 Å². The van der Waals surface area contributed by atoms with Gasteiger partial charge in [-0.15, -0.1) is 0 Å². The van der Waals surface area contributed by atoms with Gasteiger partial charge in [-0.05, 0) is 59.3 Å². The molecule has 0 fully saturated rings. The van der Waals surface area contributed by atoms with Crippen molar-refractivity contribution in [3.8, 4) is 0 Å². The molecule has 0 saturated carbocycles. The van der Waals surface area contributed by atoms with Gasteiger partial charge in [0.2, 0.25) is 0 Å². The monoisotopic (exact) mass is 219 g/mol. The van der Waals surface area contributed by atoms with Crippen LogP contribution in [0.1, 0.15) is 53.4 Å². The number of hydrogen-bond acceptors (Lipinski definition) is 0. The van der Waals surface area contributed by atoms with Gasteiger partial charge in [-0.3, -0.25) is 0 Å². The number of hydrogen-bond donors (Lipinski definition) is 0. The van der Waals surface area contributed by atoms with E-state index in [2.05, 4.69) is 58.9 Å². The fourth-order valence-electron chi connectivity index (χ4n) is 1.88. The molecule has 0 amide bonds. The summed E-state index contributed by atoms with van der Waals surface area (Å²) in [7, 11) is 0. The van der Waals surface area contributed by atoms with Crippen molar-refractivity contribution in [2.75, 3.05) is 0 Å². The first-order chi connectivity index (χ1) is 7.60. The van der Waals surface area contributed by atoms with E-state index >= 15 is 0 Å². The highest BCUT2D eigenvalue weighted by atomic mass is 14.0. The average molecular weight is 219 g/mol. The molecule has 0 N–H and O–H groups in total. The third-order valence-electron chi connectivity index (χ3n) is 2.69. The first kappa shape index (κ1) is 15.2. The fourth-order valence-corrected chi connectivity index (χ4v) is 1.88. The maximum absolute atomic E-state index is 3.83. The van der Waals surface area contributed by atoms with Crippen LogP contribution in [0.3, 0.4) is 0 Å². The smallest absolute Gasteiger partial charge is 0.0225 e. The Bertz CT molecular complexity index is 253. The summed E-state index contributed by atoms with van der Waals surface area (Å²) in [5, 5.41) is 0. The van der Waals surface area contributed by atoms with Crippen molar-refractivity contribution < 1.29 is 0 Å². The van der Waals surface area contributed by atoms with Crippen LogP contribution >= 0.6 is 0 Å². The van der Waals surface area contributed by atoms with E-state index in [4.69, 9.17) is 0 Å². The number of allylic oxidation sites excluding steroid dienone is 6. The van der Waals surface area contributed by atoms with Crippen molar-refractivity contribution in [3.63, 3.8) is 0 Å². The van der Waals surface area contributed by atoms with E-state index in [9.17, 15) is 0 Å². The molecule has 0 nitrogen and oxygen atoms in total. The number of rotatable bonds is 7. The summed E-state index contributed by atoms with van der Waals surface area (Å²) in [6.07, 6.45) is 13.4. The van der Waals surface area contributed by atoms with Gasteiger partial charge in [0.15, 0.2) is 0 Å². The molecule has 91 valence electrons. The molecular formula is C16H27. The van der Waals surface area contributed by atoms with E-state index in [1.165, 1.54) is 24.0 Å². The van der Waals surface area contributed by atoms with Gasteiger partial charge in [-0.1, -0.05) is 42.4 Å². The van der Waals surface area contributed by atoms with Crippen LogP contribution in [-0.4, -0.2) is 0 Å². The summed E-state index contributed by atoms with van der Waals surface area (Å²) in [4.78, 5) is 0. The summed E-state index contributed by atoms with van der Waals surface area (Å²) >= 11 is 0. The van der Waals surface area contributed by atoms with Crippen LogP contribution in [0.5, 0.6) is 0 Å². The van der Waals surface area contributed by atoms with E-state index in [1.807, 2.05) is 0 Å². The van der Waals surface area contributed by atoms with Crippen LogP contribution in [0.2, 0.25) is 0 Å². The van der Waals surface area contributed by atoms with Crippen molar-refractivity contribution in [1.29, 1.82) is 0 Å². The summed E-state index contributed by atoms with van der Waals surface area (Å²) < 4.78 is 0. The second kappa shape index (κ2) is 9.45. The van der Waals surface area contributed by atoms with Crippen LogP contribution < -0.4 is 0 Å². The third-order valence-corrected chi connectivity index (χ3v) is 2.69. The summed E-state index contributed by atoms with van der Waals surface area (Å²) in [6, 6.07) is 0. The molecule has 0 rings (SSSR count). The van der Waals surface area contributed by atoms with Gasteiger partial charge in [0.1, 0.15) is 0 Å². The van der Waals surface area contributed by atoms with Crippen molar-refractivity contribution in [2.24, 2.45) is 5.92 Å². The topological polar surface area (TPSA) is 0 Å². The molecule has 0 heteroatoms. The molecule has 0 aliphatic carbocycles.